The summed E-state index contributed by atoms with van der Waals surface area (Å²) in [4.78, 5) is 4.59. The van der Waals surface area contributed by atoms with Crippen LogP contribution in [0.5, 0.6) is 0 Å². The van der Waals surface area contributed by atoms with Crippen LogP contribution in [0.15, 0.2) is 28.7 Å². The molecule has 17 heavy (non-hydrogen) atoms. The van der Waals surface area contributed by atoms with Crippen molar-refractivity contribution in [1.82, 2.24) is 4.98 Å². The second-order valence-electron chi connectivity index (χ2n) is 4.97. The predicted octanol–water partition coefficient (Wildman–Crippen LogP) is 3.06. The van der Waals surface area contributed by atoms with Crippen molar-refractivity contribution in [2.75, 3.05) is 6.54 Å². The summed E-state index contributed by atoms with van der Waals surface area (Å²) >= 11 is 0. The molecule has 0 atom stereocenters. The molecule has 0 aliphatic heterocycles. The maximum atomic E-state index is 5.83. The Morgan fingerprint density at radius 3 is 2.65 bits per heavy atom. The van der Waals surface area contributed by atoms with Crippen molar-refractivity contribution in [2.45, 2.75) is 31.6 Å². The average molecular weight is 230 g/mol. The smallest absolute Gasteiger partial charge is 0.198 e. The SMILES string of the molecule is NCC1CCC(c2nc3ccccc3o2)CC1. The Morgan fingerprint density at radius 2 is 1.94 bits per heavy atom. The summed E-state index contributed by atoms with van der Waals surface area (Å²) < 4.78 is 5.83. The molecule has 1 aromatic heterocycles. The Balaban J connectivity index is 1.80. The Bertz CT molecular complexity index is 465. The van der Waals surface area contributed by atoms with Gasteiger partial charge < -0.3 is 10.2 Å². The molecule has 2 N–H and O–H groups in total. The quantitative estimate of drug-likeness (QED) is 0.862. The summed E-state index contributed by atoms with van der Waals surface area (Å²) in [5.74, 6) is 2.11. The molecule has 0 bridgehead atoms. The van der Waals surface area contributed by atoms with E-state index in [-0.39, 0.29) is 0 Å². The maximum absolute atomic E-state index is 5.83. The Kier molecular flexibility index (Phi) is 2.85. The second-order valence-corrected chi connectivity index (χ2v) is 4.97. The molecule has 1 saturated carbocycles. The Hall–Kier alpha value is -1.35. The zero-order valence-corrected chi connectivity index (χ0v) is 9.93. The zero-order chi connectivity index (χ0) is 11.7. The fraction of sp³-hybridized carbons (Fsp3) is 0.500. The van der Waals surface area contributed by atoms with Crippen LogP contribution in [0, 0.1) is 5.92 Å². The molecule has 0 spiro atoms. The molecule has 1 aliphatic rings. The van der Waals surface area contributed by atoms with E-state index in [1.165, 1.54) is 12.8 Å². The minimum absolute atomic E-state index is 0.491. The van der Waals surface area contributed by atoms with Gasteiger partial charge in [-0.25, -0.2) is 4.98 Å². The van der Waals surface area contributed by atoms with Crippen molar-refractivity contribution in [2.24, 2.45) is 11.7 Å². The number of fused-ring (bicyclic) bond motifs is 1. The van der Waals surface area contributed by atoms with Gasteiger partial charge in [-0.1, -0.05) is 12.1 Å². The highest BCUT2D eigenvalue weighted by molar-refractivity contribution is 5.72. The van der Waals surface area contributed by atoms with E-state index in [2.05, 4.69) is 4.98 Å². The fourth-order valence-corrected chi connectivity index (χ4v) is 2.71. The third-order valence-electron chi connectivity index (χ3n) is 3.84. The van der Waals surface area contributed by atoms with E-state index in [4.69, 9.17) is 10.2 Å². The van der Waals surface area contributed by atoms with Crippen molar-refractivity contribution in [3.05, 3.63) is 30.2 Å². The zero-order valence-electron chi connectivity index (χ0n) is 9.93. The number of para-hydroxylation sites is 2. The number of aromatic nitrogens is 1. The molecular formula is C14H18N2O. The largest absolute Gasteiger partial charge is 0.440 e. The molecular weight excluding hydrogens is 212 g/mol. The van der Waals surface area contributed by atoms with Crippen LogP contribution in [-0.4, -0.2) is 11.5 Å². The molecule has 1 heterocycles. The van der Waals surface area contributed by atoms with Crippen LogP contribution >= 0.6 is 0 Å². The maximum Gasteiger partial charge on any atom is 0.198 e. The molecule has 0 amide bonds. The van der Waals surface area contributed by atoms with Gasteiger partial charge in [-0.15, -0.1) is 0 Å². The number of rotatable bonds is 2. The molecule has 1 aromatic carbocycles. The third-order valence-corrected chi connectivity index (χ3v) is 3.84. The number of hydrogen-bond acceptors (Lipinski definition) is 3. The minimum atomic E-state index is 0.491. The highest BCUT2D eigenvalue weighted by Gasteiger charge is 2.25. The van der Waals surface area contributed by atoms with Gasteiger partial charge in [0.15, 0.2) is 11.5 Å². The number of hydrogen-bond donors (Lipinski definition) is 1. The lowest BCUT2D eigenvalue weighted by molar-refractivity contribution is 0.301. The van der Waals surface area contributed by atoms with Gasteiger partial charge in [0.05, 0.1) is 0 Å². The summed E-state index contributed by atoms with van der Waals surface area (Å²) in [6, 6.07) is 7.98. The van der Waals surface area contributed by atoms with Gasteiger partial charge in [-0.3, -0.25) is 0 Å². The van der Waals surface area contributed by atoms with Gasteiger partial charge in [0, 0.05) is 5.92 Å². The number of oxazole rings is 1. The summed E-state index contributed by atoms with van der Waals surface area (Å²) in [6.07, 6.45) is 4.74. The number of benzene rings is 1. The molecule has 3 heteroatoms. The van der Waals surface area contributed by atoms with Crippen molar-refractivity contribution >= 4 is 11.1 Å². The van der Waals surface area contributed by atoms with E-state index in [1.807, 2.05) is 24.3 Å². The molecule has 3 nitrogen and oxygen atoms in total. The van der Waals surface area contributed by atoms with E-state index in [1.54, 1.807) is 0 Å². The molecule has 1 aliphatic carbocycles. The lowest BCUT2D eigenvalue weighted by Crippen LogP contribution is -2.20. The first-order chi connectivity index (χ1) is 8.36. The lowest BCUT2D eigenvalue weighted by atomic mass is 9.82. The van der Waals surface area contributed by atoms with Crippen LogP contribution in [0.4, 0.5) is 0 Å². The molecule has 2 aromatic rings. The van der Waals surface area contributed by atoms with Crippen molar-refractivity contribution < 1.29 is 4.42 Å². The van der Waals surface area contributed by atoms with Crippen LogP contribution in [0.3, 0.4) is 0 Å². The normalized spacial score (nSPS) is 25.2. The molecule has 0 saturated heterocycles. The van der Waals surface area contributed by atoms with Crippen molar-refractivity contribution in [3.63, 3.8) is 0 Å². The number of nitrogens with zero attached hydrogens (tertiary/aromatic N) is 1. The Labute approximate surface area is 101 Å². The van der Waals surface area contributed by atoms with E-state index in [0.717, 1.165) is 36.4 Å². The minimum Gasteiger partial charge on any atom is -0.440 e. The fourth-order valence-electron chi connectivity index (χ4n) is 2.71. The van der Waals surface area contributed by atoms with Crippen molar-refractivity contribution in [1.29, 1.82) is 0 Å². The van der Waals surface area contributed by atoms with Gasteiger partial charge in [0.25, 0.3) is 0 Å². The topological polar surface area (TPSA) is 52.0 Å². The first kappa shape index (κ1) is 10.8. The van der Waals surface area contributed by atoms with Crippen LogP contribution < -0.4 is 5.73 Å². The van der Waals surface area contributed by atoms with Crippen LogP contribution in [0.25, 0.3) is 11.1 Å². The van der Waals surface area contributed by atoms with Gasteiger partial charge >= 0.3 is 0 Å². The molecule has 90 valence electrons. The number of nitrogens with two attached hydrogens (primary N) is 1. The van der Waals surface area contributed by atoms with Gasteiger partial charge in [0.2, 0.25) is 0 Å². The van der Waals surface area contributed by atoms with Gasteiger partial charge in [-0.2, -0.15) is 0 Å². The third kappa shape index (κ3) is 2.07. The predicted molar refractivity (Wildman–Crippen MR) is 67.8 cm³/mol. The van der Waals surface area contributed by atoms with E-state index < -0.39 is 0 Å². The van der Waals surface area contributed by atoms with Crippen LogP contribution in [-0.2, 0) is 0 Å². The summed E-state index contributed by atoms with van der Waals surface area (Å²) in [5, 5.41) is 0. The summed E-state index contributed by atoms with van der Waals surface area (Å²) in [6.45, 7) is 0.820. The van der Waals surface area contributed by atoms with E-state index in [0.29, 0.717) is 11.8 Å². The summed E-state index contributed by atoms with van der Waals surface area (Å²) in [5.41, 5.74) is 7.59. The highest BCUT2D eigenvalue weighted by Crippen LogP contribution is 2.35. The summed E-state index contributed by atoms with van der Waals surface area (Å²) in [7, 11) is 0. The van der Waals surface area contributed by atoms with E-state index in [9.17, 15) is 0 Å². The van der Waals surface area contributed by atoms with Gasteiger partial charge in [-0.05, 0) is 50.3 Å². The second kappa shape index (κ2) is 4.49. The standard InChI is InChI=1S/C14H18N2O/c15-9-10-5-7-11(8-6-10)14-16-12-3-1-2-4-13(12)17-14/h1-4,10-11H,5-9,15H2. The van der Waals surface area contributed by atoms with Gasteiger partial charge in [0.1, 0.15) is 5.52 Å². The molecule has 3 rings (SSSR count). The first-order valence-corrected chi connectivity index (χ1v) is 6.42. The Morgan fingerprint density at radius 1 is 1.18 bits per heavy atom. The van der Waals surface area contributed by atoms with Crippen LogP contribution in [0.2, 0.25) is 0 Å². The first-order valence-electron chi connectivity index (χ1n) is 6.42. The monoisotopic (exact) mass is 230 g/mol. The molecule has 0 radical (unpaired) electrons. The highest BCUT2D eigenvalue weighted by atomic mass is 16.3. The van der Waals surface area contributed by atoms with Crippen molar-refractivity contribution in [3.8, 4) is 0 Å². The van der Waals surface area contributed by atoms with Crippen LogP contribution in [0.1, 0.15) is 37.5 Å². The lowest BCUT2D eigenvalue weighted by Gasteiger charge is -2.25. The molecule has 1 fully saturated rings. The molecule has 0 unspecified atom stereocenters. The van der Waals surface area contributed by atoms with E-state index >= 15 is 0 Å². The average Bonchev–Trinajstić information content (AvgIpc) is 2.82.